The Hall–Kier alpha value is -1.26. The second-order valence-electron chi connectivity index (χ2n) is 5.52. The number of methoxy groups -OCH3 is 1. The number of hydrogen-bond donors (Lipinski definition) is 2. The number of fused-ring (bicyclic) bond motifs is 2. The molecule has 1 aromatic rings. The van der Waals surface area contributed by atoms with Gasteiger partial charge in [-0.2, -0.15) is 0 Å². The number of aliphatic hydroxyl groups is 1. The number of ether oxygens (including phenoxy) is 1. The van der Waals surface area contributed by atoms with Crippen molar-refractivity contribution in [3.8, 4) is 5.75 Å². The summed E-state index contributed by atoms with van der Waals surface area (Å²) >= 11 is 0. The van der Waals surface area contributed by atoms with Gasteiger partial charge in [0.15, 0.2) is 0 Å². The summed E-state index contributed by atoms with van der Waals surface area (Å²) in [6.07, 6.45) is 1.12. The van der Waals surface area contributed by atoms with E-state index < -0.39 is 0 Å². The highest BCUT2D eigenvalue weighted by Gasteiger charge is 2.41. The molecule has 2 aliphatic heterocycles. The van der Waals surface area contributed by atoms with Crippen LogP contribution in [0, 0.1) is 5.92 Å². The number of hydrogen-bond acceptors (Lipinski definition) is 4. The molecule has 2 N–H and O–H groups in total. The van der Waals surface area contributed by atoms with Gasteiger partial charge in [0.1, 0.15) is 5.75 Å². The molecule has 4 heteroatoms. The van der Waals surface area contributed by atoms with E-state index >= 15 is 0 Å². The number of piperidine rings is 1. The molecule has 0 aliphatic carbocycles. The number of rotatable bonds is 2. The number of aliphatic hydroxyl groups excluding tert-OH is 1. The van der Waals surface area contributed by atoms with Crippen LogP contribution in [0.2, 0.25) is 0 Å². The Morgan fingerprint density at radius 2 is 2.32 bits per heavy atom. The van der Waals surface area contributed by atoms with E-state index in [0.717, 1.165) is 30.9 Å². The molecule has 3 atom stereocenters. The number of anilines is 1. The van der Waals surface area contributed by atoms with Crippen LogP contribution in [0.1, 0.15) is 17.9 Å². The lowest BCUT2D eigenvalue weighted by molar-refractivity contribution is 0.177. The first kappa shape index (κ1) is 12.8. The standard InChI is InChI=1S/C15H22N2O2/c1-17-13-6-7-16-8-11(13)12(9-18)10-4-3-5-14(19-2)15(10)17/h3-5,11-13,16,18H,6-9H2,1-2H3. The van der Waals surface area contributed by atoms with Crippen molar-refractivity contribution in [1.29, 1.82) is 0 Å². The summed E-state index contributed by atoms with van der Waals surface area (Å²) in [4.78, 5) is 2.35. The second kappa shape index (κ2) is 5.02. The monoisotopic (exact) mass is 262 g/mol. The summed E-state index contributed by atoms with van der Waals surface area (Å²) in [7, 11) is 3.86. The topological polar surface area (TPSA) is 44.7 Å². The fraction of sp³-hybridized carbons (Fsp3) is 0.600. The van der Waals surface area contributed by atoms with E-state index in [-0.39, 0.29) is 12.5 Å². The maximum absolute atomic E-state index is 9.84. The van der Waals surface area contributed by atoms with Crippen molar-refractivity contribution >= 4 is 5.69 Å². The number of nitrogens with zero attached hydrogens (tertiary/aromatic N) is 1. The average molecular weight is 262 g/mol. The van der Waals surface area contributed by atoms with Gasteiger partial charge in [-0.3, -0.25) is 0 Å². The summed E-state index contributed by atoms with van der Waals surface area (Å²) in [5.74, 6) is 1.60. The molecule has 0 spiro atoms. The van der Waals surface area contributed by atoms with Gasteiger partial charge in [-0.25, -0.2) is 0 Å². The van der Waals surface area contributed by atoms with Gasteiger partial charge in [-0.15, -0.1) is 0 Å². The van der Waals surface area contributed by atoms with E-state index in [1.807, 2.05) is 12.1 Å². The Balaban J connectivity index is 2.11. The summed E-state index contributed by atoms with van der Waals surface area (Å²) < 4.78 is 5.52. The zero-order valence-electron chi connectivity index (χ0n) is 11.6. The summed E-state index contributed by atoms with van der Waals surface area (Å²) in [6.45, 7) is 2.24. The van der Waals surface area contributed by atoms with Gasteiger partial charge in [0.2, 0.25) is 0 Å². The molecule has 0 amide bonds. The Morgan fingerprint density at radius 1 is 1.47 bits per heavy atom. The SMILES string of the molecule is COc1cccc2c1N(C)C1CCNCC1C2CO. The lowest BCUT2D eigenvalue weighted by Gasteiger charge is -2.48. The Bertz CT molecular complexity index is 463. The molecule has 4 nitrogen and oxygen atoms in total. The fourth-order valence-corrected chi connectivity index (χ4v) is 3.77. The van der Waals surface area contributed by atoms with E-state index in [1.54, 1.807) is 7.11 Å². The molecule has 0 bridgehead atoms. The van der Waals surface area contributed by atoms with Crippen LogP contribution in [-0.2, 0) is 0 Å². The zero-order valence-corrected chi connectivity index (χ0v) is 11.6. The number of para-hydroxylation sites is 1. The largest absolute Gasteiger partial charge is 0.495 e. The van der Waals surface area contributed by atoms with Crippen LogP contribution in [-0.4, -0.2) is 45.0 Å². The number of benzene rings is 1. The minimum Gasteiger partial charge on any atom is -0.495 e. The first-order chi connectivity index (χ1) is 9.27. The van der Waals surface area contributed by atoms with E-state index in [2.05, 4.69) is 23.3 Å². The molecule has 1 aromatic carbocycles. The van der Waals surface area contributed by atoms with Gasteiger partial charge in [0.25, 0.3) is 0 Å². The molecule has 19 heavy (non-hydrogen) atoms. The van der Waals surface area contributed by atoms with Crippen molar-refractivity contribution in [2.24, 2.45) is 5.92 Å². The van der Waals surface area contributed by atoms with Crippen LogP contribution in [0.4, 0.5) is 5.69 Å². The quantitative estimate of drug-likeness (QED) is 0.840. The van der Waals surface area contributed by atoms with Crippen molar-refractivity contribution < 1.29 is 9.84 Å². The lowest BCUT2D eigenvalue weighted by atomic mass is 9.74. The fourth-order valence-electron chi connectivity index (χ4n) is 3.77. The minimum absolute atomic E-state index is 0.205. The van der Waals surface area contributed by atoms with Gasteiger partial charge in [-0.1, -0.05) is 12.1 Å². The van der Waals surface area contributed by atoms with Crippen LogP contribution in [0.3, 0.4) is 0 Å². The maximum atomic E-state index is 9.84. The van der Waals surface area contributed by atoms with Crippen molar-refractivity contribution in [1.82, 2.24) is 5.32 Å². The molecule has 2 aliphatic rings. The van der Waals surface area contributed by atoms with Gasteiger partial charge in [0.05, 0.1) is 19.4 Å². The van der Waals surface area contributed by atoms with Crippen LogP contribution < -0.4 is 15.0 Å². The zero-order chi connectivity index (χ0) is 13.4. The third-order valence-corrected chi connectivity index (χ3v) is 4.70. The molecule has 3 unspecified atom stereocenters. The van der Waals surface area contributed by atoms with Crippen molar-refractivity contribution in [2.75, 3.05) is 38.8 Å². The van der Waals surface area contributed by atoms with Gasteiger partial charge in [-0.05, 0) is 24.6 Å². The molecule has 0 saturated carbocycles. The highest BCUT2D eigenvalue weighted by molar-refractivity contribution is 5.67. The molecule has 0 radical (unpaired) electrons. The van der Waals surface area contributed by atoms with Crippen LogP contribution in [0.15, 0.2) is 18.2 Å². The van der Waals surface area contributed by atoms with E-state index in [9.17, 15) is 5.11 Å². The molecule has 2 heterocycles. The molecule has 1 fully saturated rings. The third kappa shape index (κ3) is 1.90. The highest BCUT2D eigenvalue weighted by atomic mass is 16.5. The first-order valence-electron chi connectivity index (χ1n) is 6.99. The average Bonchev–Trinajstić information content (AvgIpc) is 2.47. The van der Waals surface area contributed by atoms with E-state index in [0.29, 0.717) is 12.0 Å². The Morgan fingerprint density at radius 3 is 3.05 bits per heavy atom. The van der Waals surface area contributed by atoms with Crippen LogP contribution in [0.5, 0.6) is 5.75 Å². The minimum atomic E-state index is 0.205. The first-order valence-corrected chi connectivity index (χ1v) is 6.99. The summed E-state index contributed by atoms with van der Waals surface area (Å²) in [5, 5.41) is 13.3. The van der Waals surface area contributed by atoms with Gasteiger partial charge >= 0.3 is 0 Å². The highest BCUT2D eigenvalue weighted by Crippen LogP contribution is 2.46. The lowest BCUT2D eigenvalue weighted by Crippen LogP contribution is -2.54. The van der Waals surface area contributed by atoms with Crippen molar-refractivity contribution in [2.45, 2.75) is 18.4 Å². The number of nitrogens with one attached hydrogen (secondary N) is 1. The predicted molar refractivity (Wildman–Crippen MR) is 76.0 cm³/mol. The van der Waals surface area contributed by atoms with Crippen LogP contribution >= 0.6 is 0 Å². The Kier molecular flexibility index (Phi) is 3.37. The van der Waals surface area contributed by atoms with E-state index in [4.69, 9.17) is 4.74 Å². The van der Waals surface area contributed by atoms with Crippen molar-refractivity contribution in [3.63, 3.8) is 0 Å². The summed E-state index contributed by atoms with van der Waals surface area (Å²) in [6, 6.07) is 6.64. The Labute approximate surface area is 114 Å². The second-order valence-corrected chi connectivity index (χ2v) is 5.52. The molecular formula is C15H22N2O2. The predicted octanol–water partition coefficient (Wildman–Crippen LogP) is 1.20. The molecule has 104 valence electrons. The third-order valence-electron chi connectivity index (χ3n) is 4.70. The molecule has 0 aromatic heterocycles. The normalized spacial score (nSPS) is 29.6. The molecule has 3 rings (SSSR count). The van der Waals surface area contributed by atoms with Gasteiger partial charge < -0.3 is 20.1 Å². The smallest absolute Gasteiger partial charge is 0.142 e. The molecular weight excluding hydrogens is 240 g/mol. The molecule has 1 saturated heterocycles. The van der Waals surface area contributed by atoms with E-state index in [1.165, 1.54) is 5.56 Å². The van der Waals surface area contributed by atoms with Crippen molar-refractivity contribution in [3.05, 3.63) is 23.8 Å². The summed E-state index contributed by atoms with van der Waals surface area (Å²) in [5.41, 5.74) is 2.38. The van der Waals surface area contributed by atoms with Gasteiger partial charge in [0, 0.05) is 31.5 Å². The van der Waals surface area contributed by atoms with Crippen LogP contribution in [0.25, 0.3) is 0 Å². The maximum Gasteiger partial charge on any atom is 0.142 e.